The Bertz CT molecular complexity index is 754. The molecule has 1 N–H and O–H groups in total. The van der Waals surface area contributed by atoms with Crippen molar-refractivity contribution in [1.29, 1.82) is 0 Å². The molecule has 0 aromatic carbocycles. The molecule has 1 aliphatic carbocycles. The van der Waals surface area contributed by atoms with Crippen LogP contribution in [0, 0.1) is 0 Å². The fourth-order valence-electron chi connectivity index (χ4n) is 2.69. The number of aromatic nitrogens is 3. The number of ether oxygens (including phenoxy) is 1. The summed E-state index contributed by atoms with van der Waals surface area (Å²) < 4.78 is 5.94. The summed E-state index contributed by atoms with van der Waals surface area (Å²) in [5.74, 6) is 1.44. The molecule has 20 heavy (non-hydrogen) atoms. The number of pyridine rings is 1. The van der Waals surface area contributed by atoms with Gasteiger partial charge in [-0.25, -0.2) is 15.0 Å². The summed E-state index contributed by atoms with van der Waals surface area (Å²) in [5, 5.41) is 1.11. The van der Waals surface area contributed by atoms with E-state index in [0.717, 1.165) is 28.8 Å². The van der Waals surface area contributed by atoms with Gasteiger partial charge in [-0.1, -0.05) is 0 Å². The van der Waals surface area contributed by atoms with Crippen molar-refractivity contribution in [2.75, 3.05) is 0 Å². The summed E-state index contributed by atoms with van der Waals surface area (Å²) >= 11 is 1.79. The molecule has 3 aromatic heterocycles. The highest BCUT2D eigenvalue weighted by Gasteiger charge is 2.20. The van der Waals surface area contributed by atoms with Crippen molar-refractivity contribution in [2.24, 2.45) is 0 Å². The monoisotopic (exact) mass is 284 g/mol. The first-order valence-electron chi connectivity index (χ1n) is 6.81. The standard InChI is InChI=1S/C15H13N3OS/c1-2-6-12-11(5-1)13-14(17-9-18-15(13)20-12)19-10-4-3-7-16-8-10/h3-4,7-9H,1-2,5-6H2/p+1. The number of aryl methyl sites for hydroxylation is 2. The molecule has 0 saturated heterocycles. The highest BCUT2D eigenvalue weighted by molar-refractivity contribution is 7.18. The van der Waals surface area contributed by atoms with Crippen molar-refractivity contribution >= 4 is 21.6 Å². The maximum atomic E-state index is 5.94. The van der Waals surface area contributed by atoms with Crippen molar-refractivity contribution in [2.45, 2.75) is 25.7 Å². The summed E-state index contributed by atoms with van der Waals surface area (Å²) in [6.45, 7) is 0. The maximum Gasteiger partial charge on any atom is 0.231 e. The zero-order valence-corrected chi connectivity index (χ0v) is 11.7. The second-order valence-corrected chi connectivity index (χ2v) is 5.99. The number of fused-ring (bicyclic) bond motifs is 3. The zero-order valence-electron chi connectivity index (χ0n) is 10.9. The molecule has 0 radical (unpaired) electrons. The van der Waals surface area contributed by atoms with Gasteiger partial charge in [0.2, 0.25) is 12.1 Å². The molecule has 100 valence electrons. The van der Waals surface area contributed by atoms with Crippen LogP contribution < -0.4 is 9.72 Å². The van der Waals surface area contributed by atoms with Crippen LogP contribution in [0.4, 0.5) is 0 Å². The predicted molar refractivity (Wildman–Crippen MR) is 77.1 cm³/mol. The minimum Gasteiger partial charge on any atom is -0.432 e. The van der Waals surface area contributed by atoms with Crippen LogP contribution in [0.5, 0.6) is 11.6 Å². The van der Waals surface area contributed by atoms with Gasteiger partial charge in [-0.2, -0.15) is 0 Å². The Hall–Kier alpha value is -2.01. The Kier molecular flexibility index (Phi) is 2.85. The number of nitrogens with zero attached hydrogens (tertiary/aromatic N) is 2. The second-order valence-electron chi connectivity index (χ2n) is 4.91. The fourth-order valence-corrected chi connectivity index (χ4v) is 3.91. The van der Waals surface area contributed by atoms with Gasteiger partial charge >= 0.3 is 0 Å². The quantitative estimate of drug-likeness (QED) is 0.726. The third-order valence-corrected chi connectivity index (χ3v) is 4.81. The smallest absolute Gasteiger partial charge is 0.231 e. The molecule has 1 aliphatic rings. The Balaban J connectivity index is 1.85. The first-order chi connectivity index (χ1) is 9.92. The Morgan fingerprint density at radius 2 is 2.15 bits per heavy atom. The summed E-state index contributed by atoms with van der Waals surface area (Å²) in [5.41, 5.74) is 1.40. The highest BCUT2D eigenvalue weighted by atomic mass is 32.1. The van der Waals surface area contributed by atoms with Crippen LogP contribution in [-0.2, 0) is 12.8 Å². The van der Waals surface area contributed by atoms with Crippen LogP contribution in [0.15, 0.2) is 30.9 Å². The number of hydrogen-bond donors (Lipinski definition) is 0. The van der Waals surface area contributed by atoms with Gasteiger partial charge in [0.15, 0.2) is 11.9 Å². The molecular weight excluding hydrogens is 270 g/mol. The SMILES string of the molecule is c1c[nH+]cc(Oc2ncnc3sc4c(c23)CCCC4)c1. The van der Waals surface area contributed by atoms with Crippen molar-refractivity contribution in [3.63, 3.8) is 0 Å². The van der Waals surface area contributed by atoms with Crippen LogP contribution >= 0.6 is 11.3 Å². The summed E-state index contributed by atoms with van der Waals surface area (Å²) in [6.07, 6.45) is 10.1. The van der Waals surface area contributed by atoms with Crippen molar-refractivity contribution in [3.05, 3.63) is 41.3 Å². The van der Waals surface area contributed by atoms with Crippen molar-refractivity contribution < 1.29 is 9.72 Å². The van der Waals surface area contributed by atoms with Crippen molar-refractivity contribution in [3.8, 4) is 11.6 Å². The number of rotatable bonds is 2. The molecule has 4 nitrogen and oxygen atoms in total. The Labute approximate surface area is 120 Å². The van der Waals surface area contributed by atoms with Gasteiger partial charge in [0.05, 0.1) is 5.39 Å². The van der Waals surface area contributed by atoms with E-state index < -0.39 is 0 Å². The summed E-state index contributed by atoms with van der Waals surface area (Å²) in [4.78, 5) is 14.3. The van der Waals surface area contributed by atoms with Gasteiger partial charge in [0, 0.05) is 10.9 Å². The van der Waals surface area contributed by atoms with E-state index in [4.69, 9.17) is 4.74 Å². The molecular formula is C15H14N3OS+. The lowest BCUT2D eigenvalue weighted by molar-refractivity contribution is -0.378. The van der Waals surface area contributed by atoms with E-state index in [-0.39, 0.29) is 0 Å². The molecule has 0 atom stereocenters. The maximum absolute atomic E-state index is 5.94. The number of aromatic amines is 1. The van der Waals surface area contributed by atoms with Crippen LogP contribution in [0.2, 0.25) is 0 Å². The van der Waals surface area contributed by atoms with Crippen LogP contribution in [0.3, 0.4) is 0 Å². The van der Waals surface area contributed by atoms with E-state index >= 15 is 0 Å². The van der Waals surface area contributed by atoms with Gasteiger partial charge in [-0.05, 0) is 37.3 Å². The lowest BCUT2D eigenvalue weighted by atomic mass is 9.97. The van der Waals surface area contributed by atoms with Crippen LogP contribution in [-0.4, -0.2) is 9.97 Å². The molecule has 0 bridgehead atoms. The molecule has 3 heterocycles. The van der Waals surface area contributed by atoms with Gasteiger partial charge < -0.3 is 4.74 Å². The van der Waals surface area contributed by atoms with Gasteiger partial charge in [-0.3, -0.25) is 0 Å². The summed E-state index contributed by atoms with van der Waals surface area (Å²) in [7, 11) is 0. The predicted octanol–water partition coefficient (Wildman–Crippen LogP) is 3.18. The van der Waals surface area contributed by atoms with E-state index in [2.05, 4.69) is 15.0 Å². The first-order valence-corrected chi connectivity index (χ1v) is 7.63. The van der Waals surface area contributed by atoms with Gasteiger partial charge in [-0.15, -0.1) is 11.3 Å². The van der Waals surface area contributed by atoms with E-state index in [1.165, 1.54) is 23.3 Å². The molecule has 4 rings (SSSR count). The molecule has 0 amide bonds. The average molecular weight is 284 g/mol. The third-order valence-electron chi connectivity index (χ3n) is 3.61. The topological polar surface area (TPSA) is 49.2 Å². The molecule has 0 saturated carbocycles. The first kappa shape index (κ1) is 11.8. The number of hydrogen-bond acceptors (Lipinski definition) is 4. The molecule has 0 aliphatic heterocycles. The van der Waals surface area contributed by atoms with E-state index in [1.54, 1.807) is 17.7 Å². The number of nitrogens with one attached hydrogen (secondary N) is 1. The van der Waals surface area contributed by atoms with Crippen LogP contribution in [0.1, 0.15) is 23.3 Å². The third kappa shape index (κ3) is 1.94. The van der Waals surface area contributed by atoms with Gasteiger partial charge in [0.25, 0.3) is 0 Å². The normalized spacial score (nSPS) is 14.2. The largest absolute Gasteiger partial charge is 0.432 e. The molecule has 5 heteroatoms. The minimum atomic E-state index is 0.675. The van der Waals surface area contributed by atoms with Crippen LogP contribution in [0.25, 0.3) is 10.2 Å². The highest BCUT2D eigenvalue weighted by Crippen LogP contribution is 2.39. The fraction of sp³-hybridized carbons (Fsp3) is 0.267. The summed E-state index contributed by atoms with van der Waals surface area (Å²) in [6, 6.07) is 3.83. The van der Waals surface area contributed by atoms with Gasteiger partial charge in [0.1, 0.15) is 11.2 Å². The lowest BCUT2D eigenvalue weighted by Gasteiger charge is -2.11. The lowest BCUT2D eigenvalue weighted by Crippen LogP contribution is -2.01. The molecule has 0 fully saturated rings. The zero-order chi connectivity index (χ0) is 13.4. The molecule has 0 unspecified atom stereocenters. The second kappa shape index (κ2) is 4.83. The number of thiophene rings is 1. The molecule has 0 spiro atoms. The molecule has 3 aromatic rings. The van der Waals surface area contributed by atoms with E-state index in [1.807, 2.05) is 24.5 Å². The average Bonchev–Trinajstić information content (AvgIpc) is 2.88. The van der Waals surface area contributed by atoms with E-state index in [0.29, 0.717) is 5.88 Å². The van der Waals surface area contributed by atoms with E-state index in [9.17, 15) is 0 Å². The van der Waals surface area contributed by atoms with Crippen molar-refractivity contribution in [1.82, 2.24) is 9.97 Å². The minimum absolute atomic E-state index is 0.675. The Morgan fingerprint density at radius 3 is 3.05 bits per heavy atom. The Morgan fingerprint density at radius 1 is 1.20 bits per heavy atom. The number of H-pyrrole nitrogens is 1.